The Balaban J connectivity index is 2.16. The predicted molar refractivity (Wildman–Crippen MR) is 36.0 cm³/mol. The molecule has 10 heavy (non-hydrogen) atoms. The molecule has 4 nitrogen and oxygen atoms in total. The summed E-state index contributed by atoms with van der Waals surface area (Å²) in [6.07, 6.45) is 1.81. The topological polar surface area (TPSA) is 64.3 Å². The normalized spacial score (nSPS) is 19.8. The highest BCUT2D eigenvalue weighted by molar-refractivity contribution is 5.66. The Kier molecular flexibility index (Phi) is 2.11. The Morgan fingerprint density at radius 2 is 2.40 bits per heavy atom. The van der Waals surface area contributed by atoms with Crippen molar-refractivity contribution >= 4 is 6.09 Å². The van der Waals surface area contributed by atoms with E-state index >= 15 is 0 Å². The van der Waals surface area contributed by atoms with Gasteiger partial charge in [-0.05, 0) is 25.7 Å². The van der Waals surface area contributed by atoms with Crippen LogP contribution in [0.1, 0.15) is 19.8 Å². The molecule has 0 saturated heterocycles. The molecular weight excluding hydrogens is 132 g/mol. The number of hydrogen-bond donors (Lipinski definition) is 2. The Morgan fingerprint density at radius 1 is 1.80 bits per heavy atom. The molecule has 0 aromatic heterocycles. The molecule has 4 heteroatoms. The molecular formula is C6H12N2O2. The maximum absolute atomic E-state index is 10.5. The van der Waals surface area contributed by atoms with Gasteiger partial charge in [-0.1, -0.05) is 0 Å². The van der Waals surface area contributed by atoms with Crippen LogP contribution in [-0.2, 0) is 4.74 Å². The molecule has 1 atom stereocenters. The van der Waals surface area contributed by atoms with E-state index in [0.29, 0.717) is 5.92 Å². The molecule has 0 heterocycles. The molecule has 1 aliphatic carbocycles. The van der Waals surface area contributed by atoms with E-state index in [-0.39, 0.29) is 6.10 Å². The minimum atomic E-state index is -0.542. The van der Waals surface area contributed by atoms with Gasteiger partial charge in [-0.3, -0.25) is 5.43 Å². The van der Waals surface area contributed by atoms with Gasteiger partial charge < -0.3 is 4.74 Å². The molecule has 0 aromatic rings. The standard InChI is InChI=1S/C6H12N2O2/c1-4(5-2-3-5)10-6(9)8-7/h4-5H,2-3,7H2,1H3,(H,8,9). The summed E-state index contributed by atoms with van der Waals surface area (Å²) in [7, 11) is 0. The largest absolute Gasteiger partial charge is 0.445 e. The van der Waals surface area contributed by atoms with Crippen LogP contribution in [-0.4, -0.2) is 12.2 Å². The van der Waals surface area contributed by atoms with E-state index < -0.39 is 6.09 Å². The highest BCUT2D eigenvalue weighted by atomic mass is 16.6. The first-order chi connectivity index (χ1) is 4.74. The molecule has 1 fully saturated rings. The zero-order valence-electron chi connectivity index (χ0n) is 5.96. The number of carbonyl (C=O) groups excluding carboxylic acids is 1. The molecule has 1 rings (SSSR count). The van der Waals surface area contributed by atoms with Gasteiger partial charge in [-0.25, -0.2) is 10.6 Å². The number of amides is 1. The molecule has 0 aliphatic heterocycles. The van der Waals surface area contributed by atoms with Crippen molar-refractivity contribution in [3.63, 3.8) is 0 Å². The third-order valence-corrected chi connectivity index (χ3v) is 1.70. The number of hydrazine groups is 1. The van der Waals surface area contributed by atoms with Crippen LogP contribution >= 0.6 is 0 Å². The second kappa shape index (κ2) is 2.88. The third-order valence-electron chi connectivity index (χ3n) is 1.70. The van der Waals surface area contributed by atoms with Gasteiger partial charge in [0.05, 0.1) is 0 Å². The van der Waals surface area contributed by atoms with E-state index in [1.54, 1.807) is 0 Å². The van der Waals surface area contributed by atoms with E-state index in [1.165, 1.54) is 12.8 Å². The van der Waals surface area contributed by atoms with Gasteiger partial charge in [-0.15, -0.1) is 0 Å². The number of ether oxygens (including phenoxy) is 1. The van der Waals surface area contributed by atoms with Gasteiger partial charge in [0.1, 0.15) is 6.10 Å². The molecule has 3 N–H and O–H groups in total. The average Bonchev–Trinajstić information content (AvgIpc) is 2.68. The maximum atomic E-state index is 10.5. The monoisotopic (exact) mass is 144 g/mol. The van der Waals surface area contributed by atoms with Gasteiger partial charge in [0.15, 0.2) is 0 Å². The maximum Gasteiger partial charge on any atom is 0.421 e. The number of hydrogen-bond acceptors (Lipinski definition) is 3. The van der Waals surface area contributed by atoms with E-state index in [2.05, 4.69) is 0 Å². The van der Waals surface area contributed by atoms with Crippen LogP contribution in [0.25, 0.3) is 0 Å². The zero-order chi connectivity index (χ0) is 7.56. The summed E-state index contributed by atoms with van der Waals surface area (Å²) < 4.78 is 4.85. The first-order valence-corrected chi connectivity index (χ1v) is 3.41. The van der Waals surface area contributed by atoms with Crippen molar-refractivity contribution in [1.82, 2.24) is 5.43 Å². The van der Waals surface area contributed by atoms with Crippen molar-refractivity contribution in [2.24, 2.45) is 11.8 Å². The molecule has 0 bridgehead atoms. The Morgan fingerprint density at radius 3 is 2.80 bits per heavy atom. The van der Waals surface area contributed by atoms with Crippen molar-refractivity contribution in [3.05, 3.63) is 0 Å². The minimum absolute atomic E-state index is 0.0172. The van der Waals surface area contributed by atoms with E-state index in [1.807, 2.05) is 12.3 Å². The minimum Gasteiger partial charge on any atom is -0.445 e. The van der Waals surface area contributed by atoms with Crippen LogP contribution in [0, 0.1) is 5.92 Å². The summed E-state index contributed by atoms with van der Waals surface area (Å²) in [6.45, 7) is 1.88. The second-order valence-corrected chi connectivity index (χ2v) is 2.59. The smallest absolute Gasteiger partial charge is 0.421 e. The van der Waals surface area contributed by atoms with Crippen LogP contribution in [0.2, 0.25) is 0 Å². The van der Waals surface area contributed by atoms with Crippen LogP contribution in [0.5, 0.6) is 0 Å². The van der Waals surface area contributed by atoms with Crippen LogP contribution in [0.15, 0.2) is 0 Å². The predicted octanol–water partition coefficient (Wildman–Crippen LogP) is 0.385. The Hall–Kier alpha value is -0.770. The van der Waals surface area contributed by atoms with Gasteiger partial charge >= 0.3 is 6.09 Å². The lowest BCUT2D eigenvalue weighted by Crippen LogP contribution is -2.33. The van der Waals surface area contributed by atoms with Crippen molar-refractivity contribution in [2.75, 3.05) is 0 Å². The van der Waals surface area contributed by atoms with Gasteiger partial charge in [-0.2, -0.15) is 0 Å². The lowest BCUT2D eigenvalue weighted by Gasteiger charge is -2.10. The number of rotatable bonds is 2. The molecule has 0 spiro atoms. The molecule has 0 aromatic carbocycles. The first-order valence-electron chi connectivity index (χ1n) is 3.41. The summed E-state index contributed by atoms with van der Waals surface area (Å²) >= 11 is 0. The van der Waals surface area contributed by atoms with E-state index in [9.17, 15) is 4.79 Å². The molecule has 58 valence electrons. The van der Waals surface area contributed by atoms with Crippen LogP contribution in [0.4, 0.5) is 4.79 Å². The fraction of sp³-hybridized carbons (Fsp3) is 0.833. The lowest BCUT2D eigenvalue weighted by atomic mass is 10.3. The molecule has 1 unspecified atom stereocenters. The quantitative estimate of drug-likeness (QED) is 0.334. The number of carbonyl (C=O) groups is 1. The lowest BCUT2D eigenvalue weighted by molar-refractivity contribution is 0.0955. The van der Waals surface area contributed by atoms with Crippen LogP contribution in [0.3, 0.4) is 0 Å². The van der Waals surface area contributed by atoms with Crippen molar-refractivity contribution in [1.29, 1.82) is 0 Å². The van der Waals surface area contributed by atoms with E-state index in [0.717, 1.165) is 0 Å². The summed E-state index contributed by atoms with van der Waals surface area (Å²) in [5.74, 6) is 5.38. The fourth-order valence-corrected chi connectivity index (χ4v) is 0.865. The Bertz CT molecular complexity index is 134. The summed E-state index contributed by atoms with van der Waals surface area (Å²) in [5.41, 5.74) is 1.92. The highest BCUT2D eigenvalue weighted by Gasteiger charge is 2.30. The van der Waals surface area contributed by atoms with Crippen LogP contribution < -0.4 is 11.3 Å². The fourth-order valence-electron chi connectivity index (χ4n) is 0.865. The molecule has 1 amide bonds. The zero-order valence-corrected chi connectivity index (χ0v) is 5.96. The number of nitrogens with two attached hydrogens (primary N) is 1. The summed E-state index contributed by atoms with van der Waals surface area (Å²) in [4.78, 5) is 10.5. The first kappa shape index (κ1) is 7.34. The highest BCUT2D eigenvalue weighted by Crippen LogP contribution is 2.33. The average molecular weight is 144 g/mol. The van der Waals surface area contributed by atoms with Gasteiger partial charge in [0.2, 0.25) is 0 Å². The third kappa shape index (κ3) is 1.88. The van der Waals surface area contributed by atoms with Crippen molar-refractivity contribution in [3.8, 4) is 0 Å². The van der Waals surface area contributed by atoms with Crippen molar-refractivity contribution in [2.45, 2.75) is 25.9 Å². The number of nitrogens with one attached hydrogen (secondary N) is 1. The van der Waals surface area contributed by atoms with Gasteiger partial charge in [0, 0.05) is 0 Å². The SMILES string of the molecule is CC(OC(=O)NN)C1CC1. The molecule has 1 aliphatic rings. The summed E-state index contributed by atoms with van der Waals surface area (Å²) in [6, 6.07) is 0. The van der Waals surface area contributed by atoms with E-state index in [4.69, 9.17) is 10.6 Å². The Labute approximate surface area is 59.7 Å². The van der Waals surface area contributed by atoms with Crippen molar-refractivity contribution < 1.29 is 9.53 Å². The summed E-state index contributed by atoms with van der Waals surface area (Å²) in [5, 5.41) is 0. The molecule has 0 radical (unpaired) electrons. The second-order valence-electron chi connectivity index (χ2n) is 2.59. The van der Waals surface area contributed by atoms with Gasteiger partial charge in [0.25, 0.3) is 0 Å². The molecule has 1 saturated carbocycles.